The van der Waals surface area contributed by atoms with Crippen LogP contribution in [0.2, 0.25) is 0 Å². The molecule has 0 aliphatic heterocycles. The lowest BCUT2D eigenvalue weighted by Gasteiger charge is -2.21. The minimum absolute atomic E-state index is 0.471. The van der Waals surface area contributed by atoms with Crippen LogP contribution in [0.5, 0.6) is 0 Å². The van der Waals surface area contributed by atoms with Gasteiger partial charge in [-0.2, -0.15) is 0 Å². The van der Waals surface area contributed by atoms with Gasteiger partial charge in [0.2, 0.25) is 0 Å². The SMILES string of the molecule is COCC(NC1CC1c1ccccc1)C(C)C. The highest BCUT2D eigenvalue weighted by molar-refractivity contribution is 5.27. The van der Waals surface area contributed by atoms with E-state index in [9.17, 15) is 0 Å². The summed E-state index contributed by atoms with van der Waals surface area (Å²) in [4.78, 5) is 0. The summed E-state index contributed by atoms with van der Waals surface area (Å²) in [6.45, 7) is 5.29. The van der Waals surface area contributed by atoms with Crippen LogP contribution in [0.1, 0.15) is 31.7 Å². The molecule has 1 fully saturated rings. The molecule has 0 spiro atoms. The van der Waals surface area contributed by atoms with Crippen LogP contribution in [0.25, 0.3) is 0 Å². The van der Waals surface area contributed by atoms with Crippen molar-refractivity contribution in [3.05, 3.63) is 35.9 Å². The summed E-state index contributed by atoms with van der Waals surface area (Å²) >= 11 is 0. The maximum Gasteiger partial charge on any atom is 0.0618 e. The van der Waals surface area contributed by atoms with Crippen LogP contribution >= 0.6 is 0 Å². The topological polar surface area (TPSA) is 21.3 Å². The maximum absolute atomic E-state index is 5.27. The van der Waals surface area contributed by atoms with Gasteiger partial charge in [0.15, 0.2) is 0 Å². The fraction of sp³-hybridized carbons (Fsp3) is 0.600. The third kappa shape index (κ3) is 3.30. The Morgan fingerprint density at radius 1 is 1.29 bits per heavy atom. The second kappa shape index (κ2) is 5.65. The summed E-state index contributed by atoms with van der Waals surface area (Å²) < 4.78 is 5.27. The number of benzene rings is 1. The Balaban J connectivity index is 1.86. The Labute approximate surface area is 104 Å². The Bertz CT molecular complexity index is 336. The molecule has 1 N–H and O–H groups in total. The van der Waals surface area contributed by atoms with Crippen molar-refractivity contribution >= 4 is 0 Å². The van der Waals surface area contributed by atoms with Crippen LogP contribution in [0.15, 0.2) is 30.3 Å². The highest BCUT2D eigenvalue weighted by Crippen LogP contribution is 2.41. The van der Waals surface area contributed by atoms with Gasteiger partial charge in [0, 0.05) is 25.1 Å². The van der Waals surface area contributed by atoms with Gasteiger partial charge in [-0.15, -0.1) is 0 Å². The number of nitrogens with one attached hydrogen (secondary N) is 1. The predicted octanol–water partition coefficient (Wildman–Crippen LogP) is 2.80. The van der Waals surface area contributed by atoms with Gasteiger partial charge in [-0.25, -0.2) is 0 Å². The molecular formula is C15H23NO. The normalized spacial score (nSPS) is 24.9. The molecule has 1 aromatic carbocycles. The maximum atomic E-state index is 5.27. The molecular weight excluding hydrogens is 210 g/mol. The van der Waals surface area contributed by atoms with Gasteiger partial charge in [0.25, 0.3) is 0 Å². The molecule has 0 radical (unpaired) electrons. The van der Waals surface area contributed by atoms with Crippen LogP contribution in [-0.2, 0) is 4.74 Å². The molecule has 1 aliphatic rings. The molecule has 0 bridgehead atoms. The van der Waals surface area contributed by atoms with Crippen LogP contribution in [-0.4, -0.2) is 25.8 Å². The Morgan fingerprint density at radius 3 is 2.59 bits per heavy atom. The Hall–Kier alpha value is -0.860. The van der Waals surface area contributed by atoms with E-state index in [1.807, 2.05) is 0 Å². The fourth-order valence-corrected chi connectivity index (χ4v) is 2.34. The number of hydrogen-bond donors (Lipinski definition) is 1. The highest BCUT2D eigenvalue weighted by atomic mass is 16.5. The molecule has 2 heteroatoms. The Morgan fingerprint density at radius 2 is 2.00 bits per heavy atom. The standard InChI is InChI=1S/C15H23NO/c1-11(2)15(10-17-3)16-14-9-13(14)12-7-5-4-6-8-12/h4-8,11,13-16H,9-10H2,1-3H3. The van der Waals surface area contributed by atoms with E-state index in [0.29, 0.717) is 23.9 Å². The smallest absolute Gasteiger partial charge is 0.0618 e. The molecule has 17 heavy (non-hydrogen) atoms. The van der Waals surface area contributed by atoms with Crippen molar-refractivity contribution in [2.24, 2.45) is 5.92 Å². The monoisotopic (exact) mass is 233 g/mol. The molecule has 0 saturated heterocycles. The summed E-state index contributed by atoms with van der Waals surface area (Å²) in [6, 6.07) is 11.9. The molecule has 0 amide bonds. The van der Waals surface area contributed by atoms with Crippen molar-refractivity contribution in [1.29, 1.82) is 0 Å². The van der Waals surface area contributed by atoms with Crippen molar-refractivity contribution in [3.63, 3.8) is 0 Å². The highest BCUT2D eigenvalue weighted by Gasteiger charge is 2.39. The lowest BCUT2D eigenvalue weighted by atomic mass is 10.0. The Kier molecular flexibility index (Phi) is 4.19. The first-order chi connectivity index (χ1) is 8.22. The van der Waals surface area contributed by atoms with E-state index in [4.69, 9.17) is 4.74 Å². The van der Waals surface area contributed by atoms with Crippen molar-refractivity contribution in [2.45, 2.75) is 38.3 Å². The van der Waals surface area contributed by atoms with Gasteiger partial charge in [-0.1, -0.05) is 44.2 Å². The lowest BCUT2D eigenvalue weighted by Crippen LogP contribution is -2.39. The second-order valence-corrected chi connectivity index (χ2v) is 5.33. The zero-order valence-corrected chi connectivity index (χ0v) is 11.0. The van der Waals surface area contributed by atoms with Crippen molar-refractivity contribution in [1.82, 2.24) is 5.32 Å². The first-order valence-electron chi connectivity index (χ1n) is 6.52. The average Bonchev–Trinajstić information content (AvgIpc) is 3.09. The molecule has 1 saturated carbocycles. The summed E-state index contributed by atoms with van der Waals surface area (Å²) in [5.74, 6) is 1.32. The van der Waals surface area contributed by atoms with E-state index in [0.717, 1.165) is 6.61 Å². The third-order valence-electron chi connectivity index (χ3n) is 3.60. The zero-order valence-electron chi connectivity index (χ0n) is 11.0. The molecule has 94 valence electrons. The average molecular weight is 233 g/mol. The van der Waals surface area contributed by atoms with Gasteiger partial charge in [-0.05, 0) is 17.9 Å². The fourth-order valence-electron chi connectivity index (χ4n) is 2.34. The predicted molar refractivity (Wildman–Crippen MR) is 71.2 cm³/mol. The van der Waals surface area contributed by atoms with Crippen molar-refractivity contribution in [3.8, 4) is 0 Å². The molecule has 0 aromatic heterocycles. The molecule has 2 nitrogen and oxygen atoms in total. The number of hydrogen-bond acceptors (Lipinski definition) is 2. The largest absolute Gasteiger partial charge is 0.383 e. The van der Waals surface area contributed by atoms with E-state index < -0.39 is 0 Å². The first-order valence-corrected chi connectivity index (χ1v) is 6.52. The molecule has 2 rings (SSSR count). The van der Waals surface area contributed by atoms with Crippen LogP contribution in [0.3, 0.4) is 0 Å². The van der Waals surface area contributed by atoms with E-state index >= 15 is 0 Å². The van der Waals surface area contributed by atoms with E-state index in [2.05, 4.69) is 49.5 Å². The van der Waals surface area contributed by atoms with Crippen LogP contribution in [0.4, 0.5) is 0 Å². The first kappa shape index (κ1) is 12.6. The van der Waals surface area contributed by atoms with Gasteiger partial charge in [0.05, 0.1) is 6.61 Å². The van der Waals surface area contributed by atoms with E-state index in [-0.39, 0.29) is 0 Å². The second-order valence-electron chi connectivity index (χ2n) is 5.33. The van der Waals surface area contributed by atoms with Crippen LogP contribution in [0, 0.1) is 5.92 Å². The third-order valence-corrected chi connectivity index (χ3v) is 3.60. The number of rotatable bonds is 6. The van der Waals surface area contributed by atoms with Crippen LogP contribution < -0.4 is 5.32 Å². The molecule has 0 heterocycles. The van der Waals surface area contributed by atoms with Gasteiger partial charge in [0.1, 0.15) is 0 Å². The minimum Gasteiger partial charge on any atom is -0.383 e. The molecule has 1 aliphatic carbocycles. The number of ether oxygens (including phenoxy) is 1. The van der Waals surface area contributed by atoms with E-state index in [1.165, 1.54) is 12.0 Å². The van der Waals surface area contributed by atoms with Crippen molar-refractivity contribution in [2.75, 3.05) is 13.7 Å². The zero-order chi connectivity index (χ0) is 12.3. The van der Waals surface area contributed by atoms with Gasteiger partial charge < -0.3 is 10.1 Å². The van der Waals surface area contributed by atoms with Gasteiger partial charge in [-0.3, -0.25) is 0 Å². The lowest BCUT2D eigenvalue weighted by molar-refractivity contribution is 0.146. The summed E-state index contributed by atoms with van der Waals surface area (Å²) in [5, 5.41) is 3.71. The molecule has 3 atom stereocenters. The summed E-state index contributed by atoms with van der Waals surface area (Å²) in [5.41, 5.74) is 1.46. The molecule has 1 aromatic rings. The van der Waals surface area contributed by atoms with Crippen molar-refractivity contribution < 1.29 is 4.74 Å². The molecule has 3 unspecified atom stereocenters. The summed E-state index contributed by atoms with van der Waals surface area (Å²) in [7, 11) is 1.78. The quantitative estimate of drug-likeness (QED) is 0.816. The van der Waals surface area contributed by atoms with E-state index in [1.54, 1.807) is 7.11 Å². The summed E-state index contributed by atoms with van der Waals surface area (Å²) in [6.07, 6.45) is 1.26. The minimum atomic E-state index is 0.471. The number of methoxy groups -OCH3 is 1. The van der Waals surface area contributed by atoms with Gasteiger partial charge >= 0.3 is 0 Å².